The van der Waals surface area contributed by atoms with Crippen LogP contribution in [0.3, 0.4) is 0 Å². The lowest BCUT2D eigenvalue weighted by atomic mass is 9.89. The second-order valence-electron chi connectivity index (χ2n) is 7.01. The first-order valence-corrected chi connectivity index (χ1v) is 8.74. The van der Waals surface area contributed by atoms with Crippen LogP contribution < -0.4 is 0 Å². The molecule has 1 aromatic rings. The lowest BCUT2D eigenvalue weighted by molar-refractivity contribution is -0.375. The van der Waals surface area contributed by atoms with Crippen LogP contribution in [0.2, 0.25) is 0 Å². The normalized spacial score (nSPS) is 30.0. The van der Waals surface area contributed by atoms with Gasteiger partial charge in [-0.15, -0.1) is 0 Å². The van der Waals surface area contributed by atoms with E-state index in [9.17, 15) is 4.79 Å². The standard InChI is InChI=1S/C20H26O5/c1-18(2,24-15-16-9-5-4-6-10-16)20(22-3)13-11-17(21)19(25-20)12-7-8-14-23-19/h4-6,9-11,13H,7-8,12,14-15H2,1-3H3/t19-,20-/m0/s1. The van der Waals surface area contributed by atoms with Crippen LogP contribution in [0.15, 0.2) is 42.5 Å². The lowest BCUT2D eigenvalue weighted by Gasteiger charge is -2.50. The number of hydrogen-bond acceptors (Lipinski definition) is 5. The van der Waals surface area contributed by atoms with E-state index in [1.807, 2.05) is 44.2 Å². The van der Waals surface area contributed by atoms with Crippen LogP contribution in [-0.4, -0.2) is 36.7 Å². The maximum atomic E-state index is 12.4. The van der Waals surface area contributed by atoms with Crippen molar-refractivity contribution in [2.24, 2.45) is 0 Å². The second kappa shape index (κ2) is 7.00. The average Bonchev–Trinajstić information content (AvgIpc) is 2.64. The third kappa shape index (κ3) is 3.42. The van der Waals surface area contributed by atoms with Crippen molar-refractivity contribution in [2.75, 3.05) is 13.7 Å². The first kappa shape index (κ1) is 18.3. The molecule has 2 heterocycles. The number of hydrogen-bond donors (Lipinski definition) is 0. The van der Waals surface area contributed by atoms with Gasteiger partial charge in [-0.2, -0.15) is 0 Å². The van der Waals surface area contributed by atoms with Gasteiger partial charge >= 0.3 is 0 Å². The van der Waals surface area contributed by atoms with Gasteiger partial charge in [0.2, 0.25) is 17.4 Å². The van der Waals surface area contributed by atoms with Crippen molar-refractivity contribution in [3.63, 3.8) is 0 Å². The molecule has 5 nitrogen and oxygen atoms in total. The number of carbonyl (C=O) groups excluding carboxylic acids is 1. The van der Waals surface area contributed by atoms with Crippen LogP contribution in [0.5, 0.6) is 0 Å². The average molecular weight is 346 g/mol. The van der Waals surface area contributed by atoms with Crippen LogP contribution in [0.1, 0.15) is 38.7 Å². The van der Waals surface area contributed by atoms with Gasteiger partial charge in [-0.3, -0.25) is 4.79 Å². The van der Waals surface area contributed by atoms with Gasteiger partial charge in [-0.05, 0) is 44.4 Å². The number of methoxy groups -OCH3 is 1. The highest BCUT2D eigenvalue weighted by molar-refractivity contribution is 5.96. The Balaban J connectivity index is 1.83. The first-order valence-electron chi connectivity index (χ1n) is 8.74. The van der Waals surface area contributed by atoms with E-state index in [0.717, 1.165) is 18.4 Å². The van der Waals surface area contributed by atoms with E-state index in [2.05, 4.69) is 0 Å². The summed E-state index contributed by atoms with van der Waals surface area (Å²) in [5.41, 5.74) is 0.226. The van der Waals surface area contributed by atoms with E-state index in [-0.39, 0.29) is 5.78 Å². The van der Waals surface area contributed by atoms with Crippen molar-refractivity contribution in [1.82, 2.24) is 0 Å². The Morgan fingerprint density at radius 3 is 2.60 bits per heavy atom. The molecule has 0 saturated carbocycles. The lowest BCUT2D eigenvalue weighted by Crippen LogP contribution is -2.63. The summed E-state index contributed by atoms with van der Waals surface area (Å²) in [6.45, 7) is 4.72. The molecule has 3 rings (SSSR count). The maximum Gasteiger partial charge on any atom is 0.235 e. The summed E-state index contributed by atoms with van der Waals surface area (Å²) in [6, 6.07) is 9.91. The molecule has 136 valence electrons. The molecule has 0 aliphatic carbocycles. The summed E-state index contributed by atoms with van der Waals surface area (Å²) < 4.78 is 23.9. The monoisotopic (exact) mass is 346 g/mol. The van der Waals surface area contributed by atoms with E-state index in [1.54, 1.807) is 13.2 Å². The molecule has 0 N–H and O–H groups in total. The van der Waals surface area contributed by atoms with Crippen molar-refractivity contribution < 1.29 is 23.7 Å². The number of ether oxygens (including phenoxy) is 4. The molecule has 0 radical (unpaired) electrons. The van der Waals surface area contributed by atoms with E-state index < -0.39 is 17.2 Å². The van der Waals surface area contributed by atoms with E-state index in [0.29, 0.717) is 19.6 Å². The van der Waals surface area contributed by atoms with Crippen LogP contribution in [0, 0.1) is 0 Å². The van der Waals surface area contributed by atoms with Gasteiger partial charge in [0, 0.05) is 13.5 Å². The number of rotatable bonds is 5. The highest BCUT2D eigenvalue weighted by Crippen LogP contribution is 2.43. The molecule has 0 bridgehead atoms. The van der Waals surface area contributed by atoms with Crippen molar-refractivity contribution >= 4 is 5.78 Å². The van der Waals surface area contributed by atoms with Gasteiger partial charge in [0.15, 0.2) is 0 Å². The molecule has 0 aromatic heterocycles. The third-order valence-corrected chi connectivity index (χ3v) is 4.97. The van der Waals surface area contributed by atoms with Gasteiger partial charge in [-0.1, -0.05) is 30.3 Å². The minimum Gasteiger partial charge on any atom is -0.365 e. The highest BCUT2D eigenvalue weighted by Gasteiger charge is 2.57. The first-order chi connectivity index (χ1) is 11.9. The number of benzene rings is 1. The zero-order valence-corrected chi connectivity index (χ0v) is 15.1. The summed E-state index contributed by atoms with van der Waals surface area (Å²) in [6.07, 6.45) is 5.48. The molecule has 2 aliphatic rings. The van der Waals surface area contributed by atoms with Gasteiger partial charge in [0.1, 0.15) is 5.60 Å². The Morgan fingerprint density at radius 2 is 1.96 bits per heavy atom. The van der Waals surface area contributed by atoms with Crippen LogP contribution >= 0.6 is 0 Å². The minimum absolute atomic E-state index is 0.168. The molecular formula is C20H26O5. The highest BCUT2D eigenvalue weighted by atomic mass is 16.8. The number of carbonyl (C=O) groups is 1. The molecule has 0 amide bonds. The molecule has 1 fully saturated rings. The fraction of sp³-hybridized carbons (Fsp3) is 0.550. The summed E-state index contributed by atoms with van der Waals surface area (Å²) in [4.78, 5) is 12.4. The fourth-order valence-corrected chi connectivity index (χ4v) is 3.30. The van der Waals surface area contributed by atoms with Gasteiger partial charge in [-0.25, -0.2) is 0 Å². The molecule has 1 saturated heterocycles. The molecule has 2 aliphatic heterocycles. The maximum absolute atomic E-state index is 12.4. The molecule has 2 atom stereocenters. The predicted molar refractivity (Wildman–Crippen MR) is 92.8 cm³/mol. The predicted octanol–water partition coefficient (Wildman–Crippen LogP) is 3.38. The summed E-state index contributed by atoms with van der Waals surface area (Å²) >= 11 is 0. The Bertz CT molecular complexity index is 631. The van der Waals surface area contributed by atoms with Crippen molar-refractivity contribution in [3.8, 4) is 0 Å². The Kier molecular flexibility index (Phi) is 5.11. The zero-order valence-electron chi connectivity index (χ0n) is 15.1. The fourth-order valence-electron chi connectivity index (χ4n) is 3.30. The number of ketones is 1. The molecule has 5 heteroatoms. The minimum atomic E-state index is -1.27. The van der Waals surface area contributed by atoms with Gasteiger partial charge in [0.25, 0.3) is 0 Å². The molecule has 25 heavy (non-hydrogen) atoms. The Morgan fingerprint density at radius 1 is 1.20 bits per heavy atom. The van der Waals surface area contributed by atoms with E-state index in [1.165, 1.54) is 6.08 Å². The Labute approximate surface area is 148 Å². The van der Waals surface area contributed by atoms with Crippen molar-refractivity contribution in [1.29, 1.82) is 0 Å². The molecule has 0 unspecified atom stereocenters. The molecule has 1 aromatic carbocycles. The van der Waals surface area contributed by atoms with Crippen molar-refractivity contribution in [3.05, 3.63) is 48.0 Å². The molecule has 1 spiro atoms. The summed E-state index contributed by atoms with van der Waals surface area (Å²) in [5, 5.41) is 0. The zero-order chi connectivity index (χ0) is 18.0. The molecular weight excluding hydrogens is 320 g/mol. The Hall–Kier alpha value is -1.53. The SMILES string of the molecule is CO[C@@]1(C(C)(C)OCc2ccccc2)C=CC(=O)[C@]2(CCCCO2)O1. The van der Waals surface area contributed by atoms with Crippen LogP contribution in [0.4, 0.5) is 0 Å². The topological polar surface area (TPSA) is 54.0 Å². The smallest absolute Gasteiger partial charge is 0.235 e. The van der Waals surface area contributed by atoms with Gasteiger partial charge in [0.05, 0.1) is 13.2 Å². The summed E-state index contributed by atoms with van der Waals surface area (Å²) in [5.74, 6) is -2.64. The second-order valence-corrected chi connectivity index (χ2v) is 7.01. The summed E-state index contributed by atoms with van der Waals surface area (Å²) in [7, 11) is 1.56. The van der Waals surface area contributed by atoms with Crippen molar-refractivity contribution in [2.45, 2.75) is 56.9 Å². The quantitative estimate of drug-likeness (QED) is 0.818. The van der Waals surface area contributed by atoms with Crippen LogP contribution in [0.25, 0.3) is 0 Å². The van der Waals surface area contributed by atoms with Crippen LogP contribution in [-0.2, 0) is 30.3 Å². The van der Waals surface area contributed by atoms with E-state index >= 15 is 0 Å². The van der Waals surface area contributed by atoms with Gasteiger partial charge < -0.3 is 18.9 Å². The third-order valence-electron chi connectivity index (χ3n) is 4.97. The van der Waals surface area contributed by atoms with E-state index in [4.69, 9.17) is 18.9 Å². The largest absolute Gasteiger partial charge is 0.365 e.